The van der Waals surface area contributed by atoms with E-state index >= 15 is 0 Å². The third-order valence-corrected chi connectivity index (χ3v) is 12.4. The lowest BCUT2D eigenvalue weighted by Gasteiger charge is -2.18. The highest BCUT2D eigenvalue weighted by atomic mass is 16.3. The molecule has 0 aliphatic rings. The summed E-state index contributed by atoms with van der Waals surface area (Å²) >= 11 is 0. The van der Waals surface area contributed by atoms with E-state index < -0.39 is 0 Å². The highest BCUT2D eigenvalue weighted by Crippen LogP contribution is 2.44. The fraction of sp³-hybridized carbons (Fsp3) is 0. The van der Waals surface area contributed by atoms with Crippen molar-refractivity contribution >= 4 is 76.1 Å². The fourth-order valence-corrected chi connectivity index (χ4v) is 9.59. The van der Waals surface area contributed by atoms with Crippen LogP contribution in [0.2, 0.25) is 0 Å². The Bertz CT molecular complexity index is 3870. The zero-order chi connectivity index (χ0) is 40.7. The Kier molecular flexibility index (Phi) is 7.54. The number of para-hydroxylation sites is 2. The molecule has 13 aromatic rings. The van der Waals surface area contributed by atoms with Gasteiger partial charge in [-0.15, -0.1) is 0 Å². The van der Waals surface area contributed by atoms with Crippen LogP contribution in [0.1, 0.15) is 0 Å². The summed E-state index contributed by atoms with van der Waals surface area (Å²) in [5.41, 5.74) is 10.2. The largest absolute Gasteiger partial charge is 0.456 e. The van der Waals surface area contributed by atoms with Crippen molar-refractivity contribution in [2.75, 3.05) is 0 Å². The molecule has 5 nitrogen and oxygen atoms in total. The van der Waals surface area contributed by atoms with Crippen LogP contribution in [0.15, 0.2) is 211 Å². The number of rotatable bonds is 5. The smallest absolute Gasteiger partial charge is 0.164 e. The van der Waals surface area contributed by atoms with Gasteiger partial charge in [0.05, 0.1) is 11.0 Å². The number of furan rings is 1. The quantitative estimate of drug-likeness (QED) is 0.163. The highest BCUT2D eigenvalue weighted by molar-refractivity contribution is 6.29. The average molecular weight is 791 g/mol. The van der Waals surface area contributed by atoms with Crippen LogP contribution >= 0.6 is 0 Å². The lowest BCUT2D eigenvalue weighted by atomic mass is 9.91. The maximum Gasteiger partial charge on any atom is 0.164 e. The summed E-state index contributed by atoms with van der Waals surface area (Å²) < 4.78 is 8.60. The van der Waals surface area contributed by atoms with Crippen molar-refractivity contribution in [3.8, 4) is 51.0 Å². The van der Waals surface area contributed by atoms with Crippen LogP contribution in [-0.4, -0.2) is 19.5 Å². The molecule has 0 unspecified atom stereocenters. The Morgan fingerprint density at radius 1 is 0.306 bits per heavy atom. The molecule has 0 aliphatic carbocycles. The monoisotopic (exact) mass is 790 g/mol. The third-order valence-electron chi connectivity index (χ3n) is 12.4. The Hall–Kier alpha value is -8.41. The molecule has 0 saturated heterocycles. The van der Waals surface area contributed by atoms with E-state index in [9.17, 15) is 0 Å². The molecule has 5 heteroatoms. The molecule has 0 amide bonds. The number of nitrogens with zero attached hydrogens (tertiary/aromatic N) is 4. The molecule has 10 aromatic carbocycles. The zero-order valence-corrected chi connectivity index (χ0v) is 33.3. The van der Waals surface area contributed by atoms with Crippen molar-refractivity contribution in [3.05, 3.63) is 206 Å². The second-order valence-corrected chi connectivity index (χ2v) is 15.9. The molecular weight excluding hydrogens is 757 g/mol. The Morgan fingerprint density at radius 3 is 1.52 bits per heavy atom. The van der Waals surface area contributed by atoms with E-state index in [2.05, 4.69) is 162 Å². The minimum Gasteiger partial charge on any atom is -0.456 e. The maximum absolute atomic E-state index is 6.19. The average Bonchev–Trinajstić information content (AvgIpc) is 3.89. The van der Waals surface area contributed by atoms with Gasteiger partial charge in [0.1, 0.15) is 11.2 Å². The molecule has 3 heterocycles. The van der Waals surface area contributed by atoms with Crippen LogP contribution in [0, 0.1) is 0 Å². The first-order valence-electron chi connectivity index (χ1n) is 20.9. The van der Waals surface area contributed by atoms with Gasteiger partial charge in [-0.05, 0) is 86.6 Å². The van der Waals surface area contributed by atoms with Crippen molar-refractivity contribution in [2.45, 2.75) is 0 Å². The van der Waals surface area contributed by atoms with E-state index in [-0.39, 0.29) is 0 Å². The maximum atomic E-state index is 6.19. The van der Waals surface area contributed by atoms with Crippen LogP contribution in [0.3, 0.4) is 0 Å². The van der Waals surface area contributed by atoms with E-state index in [1.165, 1.54) is 26.9 Å². The van der Waals surface area contributed by atoms with E-state index in [1.54, 1.807) is 0 Å². The van der Waals surface area contributed by atoms with Crippen molar-refractivity contribution in [3.63, 3.8) is 0 Å². The third kappa shape index (κ3) is 5.32. The van der Waals surface area contributed by atoms with Gasteiger partial charge in [0, 0.05) is 49.3 Å². The lowest BCUT2D eigenvalue weighted by Crippen LogP contribution is -2.02. The first-order valence-corrected chi connectivity index (χ1v) is 20.9. The van der Waals surface area contributed by atoms with Crippen LogP contribution in [0.25, 0.3) is 127 Å². The number of aromatic nitrogens is 4. The van der Waals surface area contributed by atoms with Crippen LogP contribution < -0.4 is 0 Å². The van der Waals surface area contributed by atoms with Crippen molar-refractivity contribution in [1.82, 2.24) is 19.5 Å². The molecule has 13 rings (SSSR count). The predicted molar refractivity (Wildman–Crippen MR) is 256 cm³/mol. The van der Waals surface area contributed by atoms with Crippen LogP contribution in [0.4, 0.5) is 0 Å². The van der Waals surface area contributed by atoms with Gasteiger partial charge in [-0.25, -0.2) is 15.0 Å². The molecule has 288 valence electrons. The topological polar surface area (TPSA) is 56.7 Å². The summed E-state index contributed by atoms with van der Waals surface area (Å²) in [5, 5.41) is 11.6. The molecular formula is C57H34N4O. The summed E-state index contributed by atoms with van der Waals surface area (Å²) in [6.07, 6.45) is 0. The normalized spacial score (nSPS) is 11.9. The minimum atomic E-state index is 0.621. The van der Waals surface area contributed by atoms with Crippen LogP contribution in [-0.2, 0) is 0 Å². The minimum absolute atomic E-state index is 0.621. The molecule has 0 radical (unpaired) electrons. The summed E-state index contributed by atoms with van der Waals surface area (Å²) in [7, 11) is 0. The molecule has 0 spiro atoms. The van der Waals surface area contributed by atoms with Gasteiger partial charge in [-0.2, -0.15) is 0 Å². The first kappa shape index (κ1) is 34.5. The van der Waals surface area contributed by atoms with Crippen LogP contribution in [0.5, 0.6) is 0 Å². The zero-order valence-electron chi connectivity index (χ0n) is 33.3. The van der Waals surface area contributed by atoms with E-state index in [4.69, 9.17) is 19.4 Å². The fourth-order valence-electron chi connectivity index (χ4n) is 9.59. The van der Waals surface area contributed by atoms with Crippen molar-refractivity contribution < 1.29 is 4.42 Å². The van der Waals surface area contributed by atoms with E-state index in [0.717, 1.165) is 82.6 Å². The van der Waals surface area contributed by atoms with Crippen molar-refractivity contribution in [2.24, 2.45) is 0 Å². The predicted octanol–water partition coefficient (Wildman–Crippen LogP) is 15.0. The summed E-state index contributed by atoms with van der Waals surface area (Å²) in [4.78, 5) is 15.7. The van der Waals surface area contributed by atoms with E-state index in [0.29, 0.717) is 17.5 Å². The number of fused-ring (bicyclic) bond motifs is 12. The van der Waals surface area contributed by atoms with Gasteiger partial charge < -0.3 is 8.98 Å². The number of hydrogen-bond acceptors (Lipinski definition) is 4. The van der Waals surface area contributed by atoms with Gasteiger partial charge in [0.15, 0.2) is 17.5 Å². The first-order chi connectivity index (χ1) is 30.7. The van der Waals surface area contributed by atoms with Gasteiger partial charge in [-0.3, -0.25) is 0 Å². The molecule has 62 heavy (non-hydrogen) atoms. The molecule has 3 aromatic heterocycles. The van der Waals surface area contributed by atoms with Gasteiger partial charge in [0.2, 0.25) is 0 Å². The molecule has 0 atom stereocenters. The molecule has 0 aliphatic heterocycles. The number of hydrogen-bond donors (Lipinski definition) is 0. The molecule has 0 fully saturated rings. The lowest BCUT2D eigenvalue weighted by molar-refractivity contribution is 0.669. The highest BCUT2D eigenvalue weighted by Gasteiger charge is 2.22. The summed E-state index contributed by atoms with van der Waals surface area (Å²) in [6.45, 7) is 0. The Morgan fingerprint density at radius 2 is 0.806 bits per heavy atom. The second kappa shape index (κ2) is 13.6. The van der Waals surface area contributed by atoms with Gasteiger partial charge >= 0.3 is 0 Å². The number of benzene rings is 10. The second-order valence-electron chi connectivity index (χ2n) is 15.9. The van der Waals surface area contributed by atoms with Gasteiger partial charge in [0.25, 0.3) is 0 Å². The van der Waals surface area contributed by atoms with Crippen molar-refractivity contribution in [1.29, 1.82) is 0 Å². The SMILES string of the molecule is c1ccc(-c2nc(-c3ccccc3)nc(-c3cc(-n4c5ccccc5c5cc(-c6ccc7oc8ccccc8c7c6)ccc54)cc4c5ccccc5c5ccccc5c34)n2)cc1. The molecule has 0 saturated carbocycles. The van der Waals surface area contributed by atoms with Gasteiger partial charge in [-0.1, -0.05) is 158 Å². The standard InChI is InChI=1S/C57H34N4O/c1-3-15-35(16-4-1)55-58-56(36-17-5-2-6-18-36)60-57(59-55)49-34-39(33-48-42-21-8-7-19-40(42)41-20-9-10-24-45(41)54(48)49)61-50-25-13-11-22-43(50)46-31-37(27-29-51(46)61)38-28-30-53-47(32-38)44-23-12-14-26-52(44)62-53/h1-34H. The summed E-state index contributed by atoms with van der Waals surface area (Å²) in [6, 6.07) is 72.9. The molecule has 0 bridgehead atoms. The Labute approximate surface area is 355 Å². The Balaban J connectivity index is 1.11. The summed E-state index contributed by atoms with van der Waals surface area (Å²) in [5.74, 6) is 1.88. The molecule has 0 N–H and O–H groups in total. The van der Waals surface area contributed by atoms with E-state index in [1.807, 2.05) is 48.5 Å².